The molecule has 0 radical (unpaired) electrons. The van der Waals surface area contributed by atoms with Gasteiger partial charge in [0.2, 0.25) is 0 Å². The lowest BCUT2D eigenvalue weighted by atomic mass is 10.0. The largest absolute Gasteiger partial charge is 0.497 e. The van der Waals surface area contributed by atoms with Crippen molar-refractivity contribution in [3.05, 3.63) is 46.1 Å². The fraction of sp³-hybridized carbons (Fsp3) is 0.476. The third kappa shape index (κ3) is 4.14. The second kappa shape index (κ2) is 7.87. The normalized spacial score (nSPS) is 17.3. The molecule has 5 heteroatoms. The van der Waals surface area contributed by atoms with Crippen molar-refractivity contribution in [3.8, 4) is 11.5 Å². The number of anilines is 1. The quantitative estimate of drug-likeness (QED) is 0.631. The molecule has 4 nitrogen and oxygen atoms in total. The Hall–Kier alpha value is -1.75. The lowest BCUT2D eigenvalue weighted by Gasteiger charge is -2.16. The Labute approximate surface area is 163 Å². The van der Waals surface area contributed by atoms with E-state index in [0.717, 1.165) is 41.2 Å². The van der Waals surface area contributed by atoms with Crippen molar-refractivity contribution in [3.63, 3.8) is 0 Å². The van der Waals surface area contributed by atoms with E-state index in [9.17, 15) is 0 Å². The van der Waals surface area contributed by atoms with E-state index in [2.05, 4.69) is 44.4 Å². The van der Waals surface area contributed by atoms with Crippen LogP contribution in [0.4, 0.5) is 5.82 Å². The van der Waals surface area contributed by atoms with Gasteiger partial charge in [-0.2, -0.15) is 0 Å². The van der Waals surface area contributed by atoms with Gasteiger partial charge in [-0.15, -0.1) is 0 Å². The second-order valence-corrected chi connectivity index (χ2v) is 8.07. The van der Waals surface area contributed by atoms with Crippen LogP contribution in [0.5, 0.6) is 11.5 Å². The van der Waals surface area contributed by atoms with Gasteiger partial charge in [-0.25, -0.2) is 4.98 Å². The first kappa shape index (κ1) is 17.7. The summed E-state index contributed by atoms with van der Waals surface area (Å²) in [5.41, 5.74) is 2.72. The van der Waals surface area contributed by atoms with Crippen LogP contribution in [0.2, 0.25) is 0 Å². The maximum Gasteiger partial charge on any atom is 0.139 e. The molecule has 1 N–H and O–H groups in total. The van der Waals surface area contributed by atoms with Gasteiger partial charge >= 0.3 is 0 Å². The van der Waals surface area contributed by atoms with E-state index in [1.54, 1.807) is 7.11 Å². The SMILES string of the molecule is COc1ccc(C2CC2)c(CNc2cc(OC3CCCC3)c(Br)cn2)c1. The van der Waals surface area contributed by atoms with Crippen LogP contribution in [0, 0.1) is 0 Å². The summed E-state index contributed by atoms with van der Waals surface area (Å²) in [4.78, 5) is 4.49. The summed E-state index contributed by atoms with van der Waals surface area (Å²) in [5, 5.41) is 3.46. The van der Waals surface area contributed by atoms with Gasteiger partial charge in [0.25, 0.3) is 0 Å². The molecule has 2 aliphatic carbocycles. The molecule has 0 unspecified atom stereocenters. The van der Waals surface area contributed by atoms with Crippen molar-refractivity contribution in [2.24, 2.45) is 0 Å². The topological polar surface area (TPSA) is 43.4 Å². The van der Waals surface area contributed by atoms with Crippen LogP contribution in [0.25, 0.3) is 0 Å². The first-order valence-corrected chi connectivity index (χ1v) is 10.2. The number of hydrogen-bond donors (Lipinski definition) is 1. The van der Waals surface area contributed by atoms with E-state index < -0.39 is 0 Å². The van der Waals surface area contributed by atoms with Crippen LogP contribution in [0.15, 0.2) is 34.9 Å². The highest BCUT2D eigenvalue weighted by Crippen LogP contribution is 2.42. The van der Waals surface area contributed by atoms with Crippen molar-refractivity contribution in [2.45, 2.75) is 57.1 Å². The van der Waals surface area contributed by atoms with Crippen LogP contribution in [0.1, 0.15) is 55.6 Å². The molecule has 0 spiro atoms. The molecule has 0 saturated heterocycles. The van der Waals surface area contributed by atoms with Crippen molar-refractivity contribution in [1.29, 1.82) is 0 Å². The third-order valence-electron chi connectivity index (χ3n) is 5.24. The van der Waals surface area contributed by atoms with Gasteiger partial charge < -0.3 is 14.8 Å². The van der Waals surface area contributed by atoms with E-state index in [4.69, 9.17) is 9.47 Å². The molecule has 4 rings (SSSR count). The standard InChI is InChI=1S/C21H25BrN2O2/c1-25-17-8-9-18(14-6-7-14)15(10-17)12-23-21-11-20(19(22)13-24-21)26-16-4-2-3-5-16/h8-11,13-14,16H,2-7,12H2,1H3,(H,23,24). The minimum atomic E-state index is 0.335. The van der Waals surface area contributed by atoms with Crippen molar-refractivity contribution < 1.29 is 9.47 Å². The van der Waals surface area contributed by atoms with Crippen LogP contribution in [0.3, 0.4) is 0 Å². The summed E-state index contributed by atoms with van der Waals surface area (Å²) in [6, 6.07) is 8.40. The zero-order valence-electron chi connectivity index (χ0n) is 15.1. The Morgan fingerprint density at radius 3 is 2.69 bits per heavy atom. The molecule has 2 aromatic rings. The molecule has 2 fully saturated rings. The summed E-state index contributed by atoms with van der Waals surface area (Å²) in [6.45, 7) is 0.737. The first-order chi connectivity index (χ1) is 12.7. The molecule has 1 aromatic heterocycles. The minimum Gasteiger partial charge on any atom is -0.497 e. The zero-order valence-corrected chi connectivity index (χ0v) is 16.7. The summed E-state index contributed by atoms with van der Waals surface area (Å²) in [7, 11) is 1.71. The Bertz CT molecular complexity index is 771. The highest BCUT2D eigenvalue weighted by atomic mass is 79.9. The lowest BCUT2D eigenvalue weighted by Crippen LogP contribution is -2.12. The molecule has 1 heterocycles. The number of nitrogens with one attached hydrogen (secondary N) is 1. The Balaban J connectivity index is 1.47. The summed E-state index contributed by atoms with van der Waals surface area (Å²) in [6.07, 6.45) is 9.54. The van der Waals surface area contributed by atoms with Crippen molar-refractivity contribution >= 4 is 21.7 Å². The number of methoxy groups -OCH3 is 1. The van der Waals surface area contributed by atoms with E-state index >= 15 is 0 Å². The second-order valence-electron chi connectivity index (χ2n) is 7.22. The molecule has 2 aliphatic rings. The van der Waals surface area contributed by atoms with E-state index in [-0.39, 0.29) is 0 Å². The number of aromatic nitrogens is 1. The molecule has 26 heavy (non-hydrogen) atoms. The van der Waals surface area contributed by atoms with Crippen LogP contribution < -0.4 is 14.8 Å². The fourth-order valence-corrected chi connectivity index (χ4v) is 3.94. The van der Waals surface area contributed by atoms with E-state index in [0.29, 0.717) is 12.0 Å². The molecule has 0 atom stereocenters. The fourth-order valence-electron chi connectivity index (χ4n) is 3.63. The van der Waals surface area contributed by atoms with Crippen LogP contribution >= 0.6 is 15.9 Å². The Kier molecular flexibility index (Phi) is 5.34. The molecule has 2 saturated carbocycles. The number of hydrogen-bond acceptors (Lipinski definition) is 4. The van der Waals surface area contributed by atoms with Crippen molar-refractivity contribution in [1.82, 2.24) is 4.98 Å². The van der Waals surface area contributed by atoms with Gasteiger partial charge in [-0.1, -0.05) is 6.07 Å². The van der Waals surface area contributed by atoms with E-state index in [1.165, 1.54) is 36.8 Å². The molecular formula is C21H25BrN2O2. The average Bonchev–Trinajstić information content (AvgIpc) is 3.38. The number of nitrogens with zero attached hydrogens (tertiary/aromatic N) is 1. The first-order valence-electron chi connectivity index (χ1n) is 9.46. The third-order valence-corrected chi connectivity index (χ3v) is 5.84. The number of pyridine rings is 1. The van der Waals surface area contributed by atoms with E-state index in [1.807, 2.05) is 12.3 Å². The smallest absolute Gasteiger partial charge is 0.139 e. The molecule has 0 aliphatic heterocycles. The summed E-state index contributed by atoms with van der Waals surface area (Å²) >= 11 is 3.56. The van der Waals surface area contributed by atoms with Gasteiger partial charge in [0.05, 0.1) is 17.7 Å². The average molecular weight is 417 g/mol. The molecule has 0 bridgehead atoms. The minimum absolute atomic E-state index is 0.335. The zero-order chi connectivity index (χ0) is 17.9. The maximum absolute atomic E-state index is 6.16. The number of ether oxygens (including phenoxy) is 2. The number of benzene rings is 1. The molecule has 0 amide bonds. The lowest BCUT2D eigenvalue weighted by molar-refractivity contribution is 0.208. The van der Waals surface area contributed by atoms with Crippen LogP contribution in [-0.4, -0.2) is 18.2 Å². The summed E-state index contributed by atoms with van der Waals surface area (Å²) < 4.78 is 12.5. The molecule has 138 valence electrons. The maximum atomic E-state index is 6.16. The number of rotatable bonds is 7. The predicted molar refractivity (Wildman–Crippen MR) is 107 cm³/mol. The van der Waals surface area contributed by atoms with Gasteiger partial charge in [-0.05, 0) is 83.6 Å². The van der Waals surface area contributed by atoms with Gasteiger partial charge in [0.15, 0.2) is 0 Å². The monoisotopic (exact) mass is 416 g/mol. The van der Waals surface area contributed by atoms with Crippen molar-refractivity contribution in [2.75, 3.05) is 12.4 Å². The Morgan fingerprint density at radius 1 is 1.15 bits per heavy atom. The predicted octanol–water partition coefficient (Wildman–Crippen LogP) is 5.66. The Morgan fingerprint density at radius 2 is 1.96 bits per heavy atom. The van der Waals surface area contributed by atoms with Gasteiger partial charge in [0, 0.05) is 18.8 Å². The summed E-state index contributed by atoms with van der Waals surface area (Å²) in [5.74, 6) is 3.32. The van der Waals surface area contributed by atoms with Gasteiger partial charge in [-0.3, -0.25) is 0 Å². The van der Waals surface area contributed by atoms with Gasteiger partial charge in [0.1, 0.15) is 17.3 Å². The highest BCUT2D eigenvalue weighted by Gasteiger charge is 2.26. The molecule has 1 aromatic carbocycles. The molecular weight excluding hydrogens is 392 g/mol. The number of halogens is 1. The highest BCUT2D eigenvalue weighted by molar-refractivity contribution is 9.10. The van der Waals surface area contributed by atoms with Crippen LogP contribution in [-0.2, 0) is 6.54 Å².